The van der Waals surface area contributed by atoms with Crippen LogP contribution in [0.2, 0.25) is 0 Å². The molecule has 0 heterocycles. The van der Waals surface area contributed by atoms with Gasteiger partial charge in [0, 0.05) is 6.42 Å². The number of hydrogen-bond donors (Lipinski definition) is 2. The number of nitrogens with zero attached hydrogens (tertiary/aromatic N) is 1. The maximum Gasteiger partial charge on any atom is 0.303 e. The van der Waals surface area contributed by atoms with Crippen LogP contribution < -0.4 is 12.4 Å². The number of aliphatic carboxylic acids is 1. The predicted molar refractivity (Wildman–Crippen MR) is 35.6 cm³/mol. The monoisotopic (exact) mass is 189 g/mol. The average Bonchev–Trinajstić information content (AvgIpc) is 1.98. The van der Waals surface area contributed by atoms with Gasteiger partial charge in [0.25, 0.3) is 0 Å². The zero-order chi connectivity index (χ0) is 13.2. The number of hydrogen-bond acceptors (Lipinski definition) is 2. The number of carboxylic acids is 1. The Kier molecular flexibility index (Phi) is 2.26. The van der Waals surface area contributed by atoms with E-state index in [0.29, 0.717) is 0 Å². The number of quaternary nitrogens is 1. The molecule has 0 aromatic carbocycles. The van der Waals surface area contributed by atoms with Crippen LogP contribution in [-0.4, -0.2) is 41.4 Å². The van der Waals surface area contributed by atoms with E-state index in [1.165, 1.54) is 0 Å². The topological polar surface area (TPSA) is 57.5 Å². The molecule has 0 amide bonds. The minimum atomic E-state index is -3.14. The van der Waals surface area contributed by atoms with E-state index in [2.05, 4.69) is 0 Å². The van der Waals surface area contributed by atoms with Crippen molar-refractivity contribution in [1.82, 2.24) is 0 Å². The smallest absolute Gasteiger partial charge is 0.303 e. The van der Waals surface area contributed by atoms with Crippen molar-refractivity contribution in [3.63, 3.8) is 0 Å². The van der Waals surface area contributed by atoms with Gasteiger partial charge in [-0.2, -0.15) is 4.65 Å². The second-order valence-electron chi connectivity index (χ2n) is 1.99. The van der Waals surface area contributed by atoms with Gasteiger partial charge in [-0.3, -0.25) is 4.79 Å². The van der Waals surface area contributed by atoms with Crippen LogP contribution in [0.1, 0.15) is 21.1 Å². The van der Waals surface area contributed by atoms with Crippen LogP contribution >= 0.6 is 0 Å². The fourth-order valence-electron chi connectivity index (χ4n) is 0.459. The quantitative estimate of drug-likeness (QED) is 0.375. The molecule has 0 fully saturated rings. The van der Waals surface area contributed by atoms with Crippen molar-refractivity contribution in [2.75, 3.05) is 20.5 Å². The highest BCUT2D eigenvalue weighted by atomic mass is 35.5. The van der Waals surface area contributed by atoms with Crippen molar-refractivity contribution in [1.29, 1.82) is 0 Å². The van der Waals surface area contributed by atoms with E-state index in [1.54, 1.807) is 0 Å². The Bertz CT molecular complexity index is 251. The van der Waals surface area contributed by atoms with E-state index in [1.807, 2.05) is 0 Å². The Morgan fingerprint density at radius 3 is 2.55 bits per heavy atom. The van der Waals surface area contributed by atoms with Crippen molar-refractivity contribution in [3.05, 3.63) is 0 Å². The van der Waals surface area contributed by atoms with Crippen LogP contribution in [0.5, 0.6) is 0 Å². The first-order valence-electron chi connectivity index (χ1n) is 5.74. The van der Waals surface area contributed by atoms with E-state index in [0.717, 1.165) is 0 Å². The highest BCUT2D eigenvalue weighted by Gasteiger charge is 2.10. The van der Waals surface area contributed by atoms with E-state index in [4.69, 9.17) is 13.3 Å². The lowest BCUT2D eigenvalue weighted by Crippen LogP contribution is -3.00. The summed E-state index contributed by atoms with van der Waals surface area (Å²) in [6.07, 6.45) is -0.630. The van der Waals surface area contributed by atoms with Crippen LogP contribution in [0.3, 0.4) is 0 Å². The molecule has 0 bridgehead atoms. The molecule has 11 heavy (non-hydrogen) atoms. The Balaban J connectivity index is 0. The molecule has 0 aliphatic carbocycles. The molecule has 0 aromatic rings. The summed E-state index contributed by atoms with van der Waals surface area (Å²) < 4.78 is 39.7. The summed E-state index contributed by atoms with van der Waals surface area (Å²) in [7, 11) is 0. The summed E-state index contributed by atoms with van der Waals surface area (Å²) in [4.78, 5) is 10.2. The van der Waals surface area contributed by atoms with Crippen LogP contribution in [0.4, 0.5) is 0 Å². The van der Waals surface area contributed by atoms with Crippen LogP contribution in [0.15, 0.2) is 0 Å². The molecule has 0 radical (unpaired) electrons. The molecule has 0 atom stereocenters. The van der Waals surface area contributed by atoms with Gasteiger partial charge in [-0.15, -0.1) is 0 Å². The molecule has 0 spiro atoms. The number of halogens is 1. The largest absolute Gasteiger partial charge is 1.00 e. The first kappa shape index (κ1) is 4.64. The van der Waals surface area contributed by atoms with Crippen molar-refractivity contribution in [2.45, 2.75) is 12.8 Å². The Morgan fingerprint density at radius 2 is 2.18 bits per heavy atom. The molecule has 0 saturated carbocycles. The number of rotatable bonds is 4. The number of carboxylic acid groups (broad SMARTS) is 1. The molecule has 0 saturated heterocycles. The Labute approximate surface area is 80.8 Å². The van der Waals surface area contributed by atoms with Crippen LogP contribution in [0, 0.1) is 0 Å². The Hall–Kier alpha value is -0.320. The zero-order valence-corrected chi connectivity index (χ0v) is 6.51. The van der Waals surface area contributed by atoms with E-state index >= 15 is 0 Å². The zero-order valence-electron chi connectivity index (χ0n) is 11.7. The molecule has 0 aliphatic heterocycles. The number of hydroxylamine groups is 3. The van der Waals surface area contributed by atoms with Crippen LogP contribution in [-0.2, 0) is 4.79 Å². The fourth-order valence-corrected chi connectivity index (χ4v) is 0.459. The Morgan fingerprint density at radius 1 is 1.64 bits per heavy atom. The average molecular weight is 190 g/mol. The lowest BCUT2D eigenvalue weighted by atomic mass is 10.3. The third-order valence-electron chi connectivity index (χ3n) is 0.872. The molecule has 4 nitrogen and oxygen atoms in total. The molecule has 0 aromatic heterocycles. The predicted octanol–water partition coefficient (Wildman–Crippen LogP) is -2.68. The van der Waals surface area contributed by atoms with E-state index < -0.39 is 37.5 Å². The number of carbonyl (C=O) groups is 1. The lowest BCUT2D eigenvalue weighted by molar-refractivity contribution is -1.07. The van der Waals surface area contributed by atoms with Gasteiger partial charge in [-0.25, -0.2) is 5.21 Å². The fraction of sp³-hybridized carbons (Fsp3) is 0.833. The molecule has 0 rings (SSSR count). The summed E-state index contributed by atoms with van der Waals surface area (Å²) in [6.45, 7) is -6.94. The highest BCUT2D eigenvalue weighted by molar-refractivity contribution is 5.66. The molecular weight excluding hydrogens is 170 g/mol. The summed E-state index contributed by atoms with van der Waals surface area (Å²) >= 11 is 0. The normalized spacial score (nSPS) is 20.8. The van der Waals surface area contributed by atoms with Gasteiger partial charge in [-0.1, -0.05) is 0 Å². The highest BCUT2D eigenvalue weighted by Crippen LogP contribution is 1.96. The van der Waals surface area contributed by atoms with Gasteiger partial charge >= 0.3 is 5.97 Å². The SMILES string of the molecule is [2H]C([2H])([2H])[N+](O)(CCCC(=O)O)C([2H])([2H])[2H].[Cl-]. The molecule has 0 aliphatic rings. The summed E-state index contributed by atoms with van der Waals surface area (Å²) in [6, 6.07) is 0. The van der Waals surface area contributed by atoms with Crippen molar-refractivity contribution >= 4 is 5.97 Å². The summed E-state index contributed by atoms with van der Waals surface area (Å²) in [5, 5.41) is 18.0. The third kappa shape index (κ3) is 12.8. The molecule has 5 heteroatoms. The minimum absolute atomic E-state index is 0. The van der Waals surface area contributed by atoms with Gasteiger partial charge < -0.3 is 17.5 Å². The standard InChI is InChI=1S/C6H13NO3.ClH/c1-7(2,10)5-3-4-6(8)9;/h10H,3-5H2,1-2H3;1H/i1D3,2D3;. The second-order valence-corrected chi connectivity index (χ2v) is 1.99. The van der Waals surface area contributed by atoms with Crippen molar-refractivity contribution in [3.8, 4) is 0 Å². The maximum atomic E-state index is 10.2. The van der Waals surface area contributed by atoms with Gasteiger partial charge in [0.05, 0.1) is 28.6 Å². The van der Waals surface area contributed by atoms with Gasteiger partial charge in [0.2, 0.25) is 0 Å². The third-order valence-corrected chi connectivity index (χ3v) is 0.872. The first-order valence-corrected chi connectivity index (χ1v) is 2.74. The van der Waals surface area contributed by atoms with Crippen molar-refractivity contribution in [2.24, 2.45) is 0 Å². The van der Waals surface area contributed by atoms with Gasteiger partial charge in [-0.05, 0) is 0 Å². The molecule has 2 N–H and O–H groups in total. The van der Waals surface area contributed by atoms with Crippen molar-refractivity contribution < 1.29 is 40.4 Å². The minimum Gasteiger partial charge on any atom is -1.00 e. The van der Waals surface area contributed by atoms with Crippen LogP contribution in [0.25, 0.3) is 0 Å². The molecule has 0 unspecified atom stereocenters. The summed E-state index contributed by atoms with van der Waals surface area (Å²) in [5.74, 6) is -1.18. The summed E-state index contributed by atoms with van der Waals surface area (Å²) in [5.41, 5.74) is 0. The maximum absolute atomic E-state index is 10.2. The van der Waals surface area contributed by atoms with E-state index in [9.17, 15) is 10.0 Å². The molecular formula is C6H14ClNO3. The van der Waals surface area contributed by atoms with Gasteiger partial charge in [0.15, 0.2) is 0 Å². The lowest BCUT2D eigenvalue weighted by Gasteiger charge is -2.18. The van der Waals surface area contributed by atoms with E-state index in [-0.39, 0.29) is 18.8 Å². The van der Waals surface area contributed by atoms with Gasteiger partial charge in [0.1, 0.15) is 6.54 Å². The molecule has 68 valence electrons. The first-order chi connectivity index (χ1) is 6.92. The second kappa shape index (κ2) is 5.35.